The highest BCUT2D eigenvalue weighted by Crippen LogP contribution is 2.33. The molecule has 0 saturated carbocycles. The van der Waals surface area contributed by atoms with Gasteiger partial charge < -0.3 is 9.47 Å². The van der Waals surface area contributed by atoms with E-state index in [2.05, 4.69) is 0 Å². The second-order valence-electron chi connectivity index (χ2n) is 6.66. The Morgan fingerprint density at radius 2 is 1.89 bits per heavy atom. The summed E-state index contributed by atoms with van der Waals surface area (Å²) in [5.41, 5.74) is 1.72. The summed E-state index contributed by atoms with van der Waals surface area (Å²) in [7, 11) is -2.60. The Morgan fingerprint density at radius 3 is 2.52 bits per heavy atom. The highest BCUT2D eigenvalue weighted by atomic mass is 32.2. The van der Waals surface area contributed by atoms with Gasteiger partial charge in [-0.2, -0.15) is 8.42 Å². The first kappa shape index (κ1) is 19.8. The Kier molecular flexibility index (Phi) is 6.14. The van der Waals surface area contributed by atoms with Crippen LogP contribution in [0.25, 0.3) is 0 Å². The van der Waals surface area contributed by atoms with E-state index in [1.165, 1.54) is 19.2 Å². The van der Waals surface area contributed by atoms with Gasteiger partial charge in [0.1, 0.15) is 18.2 Å². The topological polar surface area (TPSA) is 61.8 Å². The molecule has 2 aromatic rings. The largest absolute Gasteiger partial charge is 0.491 e. The van der Waals surface area contributed by atoms with E-state index in [9.17, 15) is 12.8 Å². The average molecular weight is 394 g/mol. The minimum Gasteiger partial charge on any atom is -0.491 e. The minimum absolute atomic E-state index is 0.0214. The van der Waals surface area contributed by atoms with Crippen molar-refractivity contribution in [2.24, 2.45) is 0 Å². The molecule has 2 atom stereocenters. The van der Waals surface area contributed by atoms with Crippen molar-refractivity contribution in [1.82, 2.24) is 0 Å². The van der Waals surface area contributed by atoms with Crippen LogP contribution in [0.5, 0.6) is 5.75 Å². The first-order valence-corrected chi connectivity index (χ1v) is 10.2. The third-order valence-electron chi connectivity index (χ3n) is 4.71. The zero-order valence-corrected chi connectivity index (χ0v) is 16.2. The molecular formula is C20H23FO5S. The molecule has 1 fully saturated rings. The van der Waals surface area contributed by atoms with Gasteiger partial charge in [-0.15, -0.1) is 0 Å². The molecule has 27 heavy (non-hydrogen) atoms. The Morgan fingerprint density at radius 1 is 1.15 bits per heavy atom. The van der Waals surface area contributed by atoms with Gasteiger partial charge in [-0.3, -0.25) is 4.18 Å². The predicted octanol–water partition coefficient (Wildman–Crippen LogP) is 3.81. The van der Waals surface area contributed by atoms with Crippen LogP contribution >= 0.6 is 0 Å². The summed E-state index contributed by atoms with van der Waals surface area (Å²) in [6, 6.07) is 11.1. The zero-order chi connectivity index (χ0) is 19.4. The highest BCUT2D eigenvalue weighted by molar-refractivity contribution is 7.86. The first-order chi connectivity index (χ1) is 12.9. The molecule has 7 heteroatoms. The maximum atomic E-state index is 12.9. The fourth-order valence-electron chi connectivity index (χ4n) is 3.21. The van der Waals surface area contributed by atoms with Crippen LogP contribution in [0.4, 0.5) is 4.39 Å². The monoisotopic (exact) mass is 394 g/mol. The van der Waals surface area contributed by atoms with Gasteiger partial charge in [0.05, 0.1) is 24.7 Å². The maximum Gasteiger partial charge on any atom is 0.296 e. The molecule has 1 saturated heterocycles. The molecule has 0 amide bonds. The third-order valence-corrected chi connectivity index (χ3v) is 6.06. The Labute approximate surface area is 159 Å². The molecule has 3 rings (SSSR count). The van der Waals surface area contributed by atoms with Crippen LogP contribution in [0.2, 0.25) is 0 Å². The average Bonchev–Trinajstić information content (AvgIpc) is 2.68. The van der Waals surface area contributed by atoms with E-state index in [4.69, 9.17) is 13.7 Å². The van der Waals surface area contributed by atoms with Gasteiger partial charge in [0.2, 0.25) is 0 Å². The van der Waals surface area contributed by atoms with E-state index in [0.717, 1.165) is 24.0 Å². The van der Waals surface area contributed by atoms with E-state index in [0.29, 0.717) is 19.0 Å². The van der Waals surface area contributed by atoms with Crippen molar-refractivity contribution in [2.75, 3.05) is 20.3 Å². The van der Waals surface area contributed by atoms with Crippen molar-refractivity contribution >= 4 is 10.1 Å². The summed E-state index contributed by atoms with van der Waals surface area (Å²) in [4.78, 5) is 0.199. The Hall–Kier alpha value is -1.96. The van der Waals surface area contributed by atoms with Crippen LogP contribution in [-0.2, 0) is 19.0 Å². The Bertz CT molecular complexity index is 872. The van der Waals surface area contributed by atoms with Crippen LogP contribution < -0.4 is 4.74 Å². The molecule has 1 aliphatic heterocycles. The summed E-state index contributed by atoms with van der Waals surface area (Å²) in [5.74, 6) is 0.264. The fraction of sp³-hybridized carbons (Fsp3) is 0.400. The first-order valence-electron chi connectivity index (χ1n) is 8.80. The smallest absolute Gasteiger partial charge is 0.296 e. The lowest BCUT2D eigenvalue weighted by Gasteiger charge is -2.30. The molecule has 0 spiro atoms. The van der Waals surface area contributed by atoms with E-state index in [1.54, 1.807) is 24.3 Å². The van der Waals surface area contributed by atoms with E-state index in [-0.39, 0.29) is 22.7 Å². The number of benzene rings is 2. The van der Waals surface area contributed by atoms with Gasteiger partial charge >= 0.3 is 0 Å². The molecule has 0 aliphatic carbocycles. The molecule has 2 aromatic carbocycles. The normalized spacial score (nSPS) is 20.4. The lowest BCUT2D eigenvalue weighted by Crippen LogP contribution is -2.30. The molecular weight excluding hydrogens is 371 g/mol. The summed E-state index contributed by atoms with van der Waals surface area (Å²) >= 11 is 0. The number of ether oxygens (including phenoxy) is 2. The van der Waals surface area contributed by atoms with Crippen molar-refractivity contribution in [3.05, 3.63) is 59.4 Å². The fourth-order valence-corrected chi connectivity index (χ4v) is 4.14. The summed E-state index contributed by atoms with van der Waals surface area (Å²) in [6.45, 7) is 2.71. The van der Waals surface area contributed by atoms with Crippen LogP contribution in [0, 0.1) is 12.7 Å². The van der Waals surface area contributed by atoms with Crippen LogP contribution in [0.3, 0.4) is 0 Å². The van der Waals surface area contributed by atoms with E-state index >= 15 is 0 Å². The van der Waals surface area contributed by atoms with Gasteiger partial charge in [-0.1, -0.05) is 17.7 Å². The summed E-state index contributed by atoms with van der Waals surface area (Å²) in [6.07, 6.45) is 1.44. The second-order valence-corrected chi connectivity index (χ2v) is 8.34. The maximum absolute atomic E-state index is 12.9. The van der Waals surface area contributed by atoms with Gasteiger partial charge in [0.25, 0.3) is 10.1 Å². The van der Waals surface area contributed by atoms with Crippen molar-refractivity contribution in [2.45, 2.75) is 36.7 Å². The lowest BCUT2D eigenvalue weighted by molar-refractivity contribution is -0.0216. The summed E-state index contributed by atoms with van der Waals surface area (Å²) < 4.78 is 53.6. The van der Waals surface area contributed by atoms with E-state index < -0.39 is 10.1 Å². The number of hydrogen-bond donors (Lipinski definition) is 0. The van der Waals surface area contributed by atoms with Crippen molar-refractivity contribution in [1.29, 1.82) is 0 Å². The van der Waals surface area contributed by atoms with Crippen LogP contribution in [0.15, 0.2) is 47.4 Å². The molecule has 1 aliphatic rings. The number of rotatable bonds is 6. The Balaban J connectivity index is 1.64. The minimum atomic E-state index is -3.77. The molecule has 0 aromatic heterocycles. The molecule has 5 nitrogen and oxygen atoms in total. The number of aryl methyl sites for hydroxylation is 1. The second kappa shape index (κ2) is 8.37. The molecule has 0 radical (unpaired) electrons. The lowest BCUT2D eigenvalue weighted by atomic mass is 9.90. The molecule has 0 N–H and O–H groups in total. The summed E-state index contributed by atoms with van der Waals surface area (Å²) in [5, 5.41) is 0. The van der Waals surface area contributed by atoms with Crippen molar-refractivity contribution < 1.29 is 26.5 Å². The van der Waals surface area contributed by atoms with Crippen LogP contribution in [0.1, 0.15) is 29.9 Å². The van der Waals surface area contributed by atoms with Gasteiger partial charge in [0, 0.05) is 5.92 Å². The SMILES string of the molecule is COS(=O)(=O)c1ccc(C)cc1[C@@H]1CCC(COc2ccc(F)cc2)OC1. The third kappa shape index (κ3) is 4.86. The number of halogens is 1. The molecule has 146 valence electrons. The number of hydrogen-bond acceptors (Lipinski definition) is 5. The van der Waals surface area contributed by atoms with Gasteiger partial charge in [0.15, 0.2) is 0 Å². The van der Waals surface area contributed by atoms with Gasteiger partial charge in [-0.05, 0) is 55.7 Å². The molecule has 1 unspecified atom stereocenters. The highest BCUT2D eigenvalue weighted by Gasteiger charge is 2.28. The molecule has 0 bridgehead atoms. The standard InChI is InChI=1S/C20H23FO5S/c1-14-3-10-20(27(22,23)24-2)19(11-14)15-4-7-18(25-12-15)13-26-17-8-5-16(21)6-9-17/h3,5-6,8-11,15,18H,4,7,12-13H2,1-2H3/t15-,18?/m1/s1. The predicted molar refractivity (Wildman–Crippen MR) is 99.0 cm³/mol. The van der Waals surface area contributed by atoms with Crippen molar-refractivity contribution in [3.63, 3.8) is 0 Å². The van der Waals surface area contributed by atoms with Crippen LogP contribution in [-0.4, -0.2) is 34.8 Å². The molecule has 1 heterocycles. The van der Waals surface area contributed by atoms with Crippen molar-refractivity contribution in [3.8, 4) is 5.75 Å². The van der Waals surface area contributed by atoms with E-state index in [1.807, 2.05) is 13.0 Å². The van der Waals surface area contributed by atoms with Gasteiger partial charge in [-0.25, -0.2) is 4.39 Å². The zero-order valence-electron chi connectivity index (χ0n) is 15.4. The quantitative estimate of drug-likeness (QED) is 0.697.